The normalized spacial score (nSPS) is 24.5. The topological polar surface area (TPSA) is 75.4 Å². The number of amides is 2. The molecule has 1 aliphatic heterocycles. The highest BCUT2D eigenvalue weighted by Crippen LogP contribution is 2.34. The highest BCUT2D eigenvalue weighted by molar-refractivity contribution is 5.96. The first kappa shape index (κ1) is 17.9. The number of primary amides is 1. The molecular formula is C20H29N3O2. The Labute approximate surface area is 150 Å². The molecule has 0 spiro atoms. The van der Waals surface area contributed by atoms with Crippen molar-refractivity contribution in [2.75, 3.05) is 25.0 Å². The van der Waals surface area contributed by atoms with Crippen LogP contribution in [0.3, 0.4) is 0 Å². The van der Waals surface area contributed by atoms with Crippen molar-refractivity contribution in [1.29, 1.82) is 0 Å². The number of anilines is 1. The van der Waals surface area contributed by atoms with Gasteiger partial charge in [0.25, 0.3) is 0 Å². The number of hydrogen-bond acceptors (Lipinski definition) is 3. The highest BCUT2D eigenvalue weighted by Gasteiger charge is 2.40. The maximum atomic E-state index is 12.3. The van der Waals surface area contributed by atoms with Gasteiger partial charge in [0.15, 0.2) is 0 Å². The predicted molar refractivity (Wildman–Crippen MR) is 99.0 cm³/mol. The monoisotopic (exact) mass is 343 g/mol. The van der Waals surface area contributed by atoms with Crippen molar-refractivity contribution in [2.24, 2.45) is 23.5 Å². The second-order valence-electron chi connectivity index (χ2n) is 7.66. The summed E-state index contributed by atoms with van der Waals surface area (Å²) in [5.74, 6) is -0.167. The minimum Gasteiger partial charge on any atom is -0.369 e. The van der Waals surface area contributed by atoms with E-state index >= 15 is 0 Å². The van der Waals surface area contributed by atoms with Crippen molar-refractivity contribution < 1.29 is 9.59 Å². The van der Waals surface area contributed by atoms with Gasteiger partial charge in [0.1, 0.15) is 0 Å². The maximum absolute atomic E-state index is 12.3. The van der Waals surface area contributed by atoms with Gasteiger partial charge in [-0.15, -0.1) is 0 Å². The number of nitrogens with two attached hydrogens (primary N) is 1. The van der Waals surface area contributed by atoms with E-state index in [9.17, 15) is 9.59 Å². The largest absolute Gasteiger partial charge is 0.369 e. The third kappa shape index (κ3) is 4.60. The van der Waals surface area contributed by atoms with Crippen molar-refractivity contribution in [3.05, 3.63) is 29.8 Å². The first-order valence-corrected chi connectivity index (χ1v) is 9.44. The molecule has 2 aliphatic rings. The van der Waals surface area contributed by atoms with Gasteiger partial charge in [0.05, 0.1) is 0 Å². The lowest BCUT2D eigenvalue weighted by Crippen LogP contribution is -2.43. The van der Waals surface area contributed by atoms with Crippen LogP contribution in [0.5, 0.6) is 0 Å². The third-order valence-electron chi connectivity index (χ3n) is 5.76. The van der Waals surface area contributed by atoms with E-state index in [-0.39, 0.29) is 23.7 Å². The maximum Gasteiger partial charge on any atom is 0.228 e. The molecule has 1 saturated carbocycles. The molecule has 5 nitrogen and oxygen atoms in total. The van der Waals surface area contributed by atoms with Gasteiger partial charge in [0, 0.05) is 24.1 Å². The fourth-order valence-corrected chi connectivity index (χ4v) is 3.77. The van der Waals surface area contributed by atoms with Crippen LogP contribution < -0.4 is 11.1 Å². The quantitative estimate of drug-likeness (QED) is 0.833. The van der Waals surface area contributed by atoms with Crippen molar-refractivity contribution in [1.82, 2.24) is 4.90 Å². The lowest BCUT2D eigenvalue weighted by atomic mass is 9.72. The number of likely N-dealkylation sites (tertiary alicyclic amines) is 1. The molecule has 2 atom stereocenters. The Kier molecular flexibility index (Phi) is 5.74. The van der Waals surface area contributed by atoms with Crippen molar-refractivity contribution >= 4 is 17.5 Å². The second-order valence-corrected chi connectivity index (χ2v) is 7.66. The molecule has 2 amide bonds. The molecule has 3 N–H and O–H groups in total. The minimum absolute atomic E-state index is 0.0859. The number of nitrogens with one attached hydrogen (secondary N) is 1. The number of rotatable bonds is 6. The molecule has 1 aliphatic carbocycles. The van der Waals surface area contributed by atoms with Gasteiger partial charge < -0.3 is 16.0 Å². The number of hydrogen-bond donors (Lipinski definition) is 2. The Morgan fingerprint density at radius 3 is 2.52 bits per heavy atom. The van der Waals surface area contributed by atoms with Gasteiger partial charge in [-0.1, -0.05) is 19.1 Å². The molecule has 0 bridgehead atoms. The number of carbonyl (C=O) groups excluding carboxylic acids is 2. The standard InChI is InChI=1S/C20H29N3O2/c1-14-7-10-23(11-8-14)12-9-15-3-2-4-16(13-15)22-20(25)18-6-5-17(18)19(21)24/h2-4,13-14,17-18H,5-12H2,1H3,(H2,21,24)(H,22,25). The van der Waals surface area contributed by atoms with Crippen LogP contribution in [0.1, 0.15) is 38.2 Å². The Bertz CT molecular complexity index is 623. The summed E-state index contributed by atoms with van der Waals surface area (Å²) in [5, 5.41) is 2.95. The Morgan fingerprint density at radius 1 is 1.16 bits per heavy atom. The molecule has 1 aromatic carbocycles. The smallest absolute Gasteiger partial charge is 0.228 e. The lowest BCUT2D eigenvalue weighted by molar-refractivity contribution is -0.135. The second kappa shape index (κ2) is 8.00. The fraction of sp³-hybridized carbons (Fsp3) is 0.600. The molecule has 3 rings (SSSR count). The van der Waals surface area contributed by atoms with E-state index in [2.05, 4.69) is 23.2 Å². The molecule has 0 aromatic heterocycles. The van der Waals surface area contributed by atoms with Crippen LogP contribution in [-0.2, 0) is 16.0 Å². The third-order valence-corrected chi connectivity index (χ3v) is 5.76. The zero-order chi connectivity index (χ0) is 17.8. The van der Waals surface area contributed by atoms with Crippen LogP contribution in [0.4, 0.5) is 5.69 Å². The molecule has 136 valence electrons. The van der Waals surface area contributed by atoms with Crippen LogP contribution in [-0.4, -0.2) is 36.3 Å². The molecule has 1 heterocycles. The van der Waals surface area contributed by atoms with E-state index in [1.54, 1.807) is 0 Å². The summed E-state index contributed by atoms with van der Waals surface area (Å²) < 4.78 is 0. The SMILES string of the molecule is CC1CCN(CCc2cccc(NC(=O)C3CCC3C(N)=O)c2)CC1. The minimum atomic E-state index is -0.365. The summed E-state index contributed by atoms with van der Waals surface area (Å²) in [6.07, 6.45) is 5.04. The number of piperidine rings is 1. The van der Waals surface area contributed by atoms with Crippen molar-refractivity contribution in [3.63, 3.8) is 0 Å². The van der Waals surface area contributed by atoms with Gasteiger partial charge in [-0.05, 0) is 68.8 Å². The molecule has 2 fully saturated rings. The first-order valence-electron chi connectivity index (χ1n) is 9.44. The van der Waals surface area contributed by atoms with E-state index in [0.717, 1.165) is 37.4 Å². The van der Waals surface area contributed by atoms with Crippen LogP contribution in [0.2, 0.25) is 0 Å². The summed E-state index contributed by atoms with van der Waals surface area (Å²) in [5.41, 5.74) is 7.38. The van der Waals surface area contributed by atoms with Gasteiger partial charge >= 0.3 is 0 Å². The zero-order valence-corrected chi connectivity index (χ0v) is 15.0. The molecule has 5 heteroatoms. The first-order chi connectivity index (χ1) is 12.0. The lowest BCUT2D eigenvalue weighted by Gasteiger charge is -2.32. The molecule has 2 unspecified atom stereocenters. The Balaban J connectivity index is 1.51. The van der Waals surface area contributed by atoms with Gasteiger partial charge in [-0.2, -0.15) is 0 Å². The zero-order valence-electron chi connectivity index (χ0n) is 15.0. The van der Waals surface area contributed by atoms with Crippen molar-refractivity contribution in [3.8, 4) is 0 Å². The predicted octanol–water partition coefficient (Wildman–Crippen LogP) is 2.41. The molecule has 1 aromatic rings. The van der Waals surface area contributed by atoms with Gasteiger partial charge in [0.2, 0.25) is 11.8 Å². The van der Waals surface area contributed by atoms with Crippen LogP contribution in [0.25, 0.3) is 0 Å². The van der Waals surface area contributed by atoms with Crippen LogP contribution in [0, 0.1) is 17.8 Å². The van der Waals surface area contributed by atoms with E-state index in [1.165, 1.54) is 31.5 Å². The summed E-state index contributed by atoms with van der Waals surface area (Å²) in [6.45, 7) is 5.77. The highest BCUT2D eigenvalue weighted by atomic mass is 16.2. The molecule has 0 radical (unpaired) electrons. The Hall–Kier alpha value is -1.88. The van der Waals surface area contributed by atoms with E-state index < -0.39 is 0 Å². The number of nitrogens with zero attached hydrogens (tertiary/aromatic N) is 1. The number of carbonyl (C=O) groups is 2. The summed E-state index contributed by atoms with van der Waals surface area (Å²) in [7, 11) is 0. The van der Waals surface area contributed by atoms with Crippen LogP contribution >= 0.6 is 0 Å². The molecular weight excluding hydrogens is 314 g/mol. The molecule has 25 heavy (non-hydrogen) atoms. The molecule has 1 saturated heterocycles. The van der Waals surface area contributed by atoms with Crippen LogP contribution in [0.15, 0.2) is 24.3 Å². The summed E-state index contributed by atoms with van der Waals surface area (Å²) in [4.78, 5) is 26.2. The summed E-state index contributed by atoms with van der Waals surface area (Å²) in [6, 6.07) is 8.04. The fourth-order valence-electron chi connectivity index (χ4n) is 3.77. The van der Waals surface area contributed by atoms with E-state index in [1.807, 2.05) is 18.2 Å². The van der Waals surface area contributed by atoms with E-state index in [0.29, 0.717) is 0 Å². The van der Waals surface area contributed by atoms with Gasteiger partial charge in [-0.25, -0.2) is 0 Å². The van der Waals surface area contributed by atoms with E-state index in [4.69, 9.17) is 5.73 Å². The van der Waals surface area contributed by atoms with Crippen molar-refractivity contribution in [2.45, 2.75) is 39.0 Å². The summed E-state index contributed by atoms with van der Waals surface area (Å²) >= 11 is 0. The average molecular weight is 343 g/mol. The Morgan fingerprint density at radius 2 is 1.88 bits per heavy atom. The van der Waals surface area contributed by atoms with Gasteiger partial charge in [-0.3, -0.25) is 9.59 Å². The number of benzene rings is 1. The average Bonchev–Trinajstić information content (AvgIpc) is 2.53.